The van der Waals surface area contributed by atoms with Crippen molar-refractivity contribution in [1.29, 1.82) is 0 Å². The maximum Gasteiger partial charge on any atom is 0.165 e. The van der Waals surface area contributed by atoms with Gasteiger partial charge in [0, 0.05) is 25.2 Å². The van der Waals surface area contributed by atoms with E-state index >= 15 is 0 Å². The Bertz CT molecular complexity index is 1120. The van der Waals surface area contributed by atoms with E-state index in [9.17, 15) is 4.55 Å². The van der Waals surface area contributed by atoms with Crippen LogP contribution < -0.4 is 11.2 Å². The van der Waals surface area contributed by atoms with Gasteiger partial charge in [-0.1, -0.05) is 48.1 Å². The van der Waals surface area contributed by atoms with Crippen LogP contribution in [0.3, 0.4) is 0 Å². The van der Waals surface area contributed by atoms with Crippen molar-refractivity contribution in [3.63, 3.8) is 0 Å². The first kappa shape index (κ1) is 20.7. The zero-order valence-corrected chi connectivity index (χ0v) is 18.3. The maximum absolute atomic E-state index is 11.7. The van der Waals surface area contributed by atoms with Gasteiger partial charge in [0.15, 0.2) is 5.65 Å². The summed E-state index contributed by atoms with van der Waals surface area (Å²) in [6.07, 6.45) is 5.75. The molecule has 0 radical (unpaired) electrons. The Kier molecular flexibility index (Phi) is 5.99. The predicted octanol–water partition coefficient (Wildman–Crippen LogP) is 1.17. The van der Waals surface area contributed by atoms with E-state index in [1.54, 1.807) is 10.7 Å². The first-order valence-corrected chi connectivity index (χ1v) is 11.6. The minimum atomic E-state index is -0.697. The number of fused-ring (bicyclic) bond motifs is 1. The number of rotatable bonds is 5. The number of hydrogen-bond acceptors (Lipinski definition) is 5. The molecule has 0 amide bonds. The quantitative estimate of drug-likeness (QED) is 0.382. The number of nitrogens with zero attached hydrogens (tertiary/aromatic N) is 4. The lowest BCUT2D eigenvalue weighted by molar-refractivity contribution is 0.285. The maximum atomic E-state index is 11.7. The lowest BCUT2D eigenvalue weighted by atomic mass is 9.94. The molecular weight excluding hydrogens is 393 g/mol. The molecule has 2 N–H and O–H groups in total. The van der Waals surface area contributed by atoms with Crippen molar-refractivity contribution in [1.82, 2.24) is 19.5 Å². The topological polar surface area (TPSA) is 82.5 Å². The van der Waals surface area contributed by atoms with Crippen LogP contribution in [0.25, 0.3) is 17.3 Å². The minimum absolute atomic E-state index is 0.598. The Morgan fingerprint density at radius 2 is 2.07 bits per heavy atom. The number of benzene rings is 1. The Balaban J connectivity index is 1.75. The third-order valence-electron chi connectivity index (χ3n) is 5.70. The number of anilines is 1. The van der Waals surface area contributed by atoms with E-state index in [0.717, 1.165) is 46.6 Å². The fraction of sp³-hybridized carbons (Fsp3) is 0.273. The molecule has 6 nitrogen and oxygen atoms in total. The summed E-state index contributed by atoms with van der Waals surface area (Å²) in [5.74, 6) is 2.03. The molecule has 0 aliphatic carbocycles. The summed E-state index contributed by atoms with van der Waals surface area (Å²) in [5, 5.41) is 4.50. The zero-order chi connectivity index (χ0) is 21.3. The van der Waals surface area contributed by atoms with Crippen LogP contribution in [-0.2, 0) is 17.7 Å². The molecule has 1 saturated heterocycles. The van der Waals surface area contributed by atoms with E-state index < -0.39 is 11.2 Å². The summed E-state index contributed by atoms with van der Waals surface area (Å²) in [6, 6.07) is 8.23. The molecular formula is C22H26BN5OS. The molecule has 3 heterocycles. The van der Waals surface area contributed by atoms with Gasteiger partial charge in [-0.25, -0.2) is 4.98 Å². The molecule has 0 saturated carbocycles. The third-order valence-corrected chi connectivity index (χ3v) is 6.98. The van der Waals surface area contributed by atoms with Gasteiger partial charge in [0.25, 0.3) is 0 Å². The number of nitrogens with two attached hydrogens (primary N) is 1. The van der Waals surface area contributed by atoms with Gasteiger partial charge in [-0.05, 0) is 35.2 Å². The second-order valence-corrected chi connectivity index (χ2v) is 9.34. The molecule has 0 spiro atoms. The summed E-state index contributed by atoms with van der Waals surface area (Å²) in [6.45, 7) is 8.43. The molecule has 30 heavy (non-hydrogen) atoms. The Hall–Kier alpha value is -2.55. The number of nitrogen functional groups attached to an aromatic ring is 1. The first-order chi connectivity index (χ1) is 14.5. The number of aromatic nitrogens is 3. The van der Waals surface area contributed by atoms with Crippen LogP contribution in [0.2, 0.25) is 0 Å². The van der Waals surface area contributed by atoms with Crippen molar-refractivity contribution < 1.29 is 4.55 Å². The van der Waals surface area contributed by atoms with Crippen LogP contribution in [0.4, 0.5) is 5.82 Å². The molecule has 0 unspecified atom stereocenters. The van der Waals surface area contributed by atoms with Crippen LogP contribution in [0.1, 0.15) is 22.4 Å². The zero-order valence-electron chi connectivity index (χ0n) is 17.5. The average Bonchev–Trinajstić information content (AvgIpc) is 3.16. The predicted molar refractivity (Wildman–Crippen MR) is 128 cm³/mol. The summed E-state index contributed by atoms with van der Waals surface area (Å²) < 4.78 is 13.4. The van der Waals surface area contributed by atoms with E-state index in [0.29, 0.717) is 23.9 Å². The van der Waals surface area contributed by atoms with E-state index in [4.69, 9.17) is 10.7 Å². The third kappa shape index (κ3) is 4.03. The van der Waals surface area contributed by atoms with Gasteiger partial charge in [-0.3, -0.25) is 4.90 Å². The summed E-state index contributed by atoms with van der Waals surface area (Å²) in [7, 11) is 1.98. The molecule has 2 aromatic heterocycles. The van der Waals surface area contributed by atoms with E-state index in [1.165, 1.54) is 5.56 Å². The Labute approximate surface area is 181 Å². The monoisotopic (exact) mass is 419 g/mol. The normalized spacial score (nSPS) is 16.3. The van der Waals surface area contributed by atoms with Crippen LogP contribution in [0.5, 0.6) is 0 Å². The molecule has 0 atom stereocenters. The van der Waals surface area contributed by atoms with Gasteiger partial charge in [-0.15, -0.1) is 0 Å². The molecule has 3 aromatic rings. The van der Waals surface area contributed by atoms with Gasteiger partial charge in [0.1, 0.15) is 25.2 Å². The molecule has 154 valence electrons. The lowest BCUT2D eigenvalue weighted by Crippen LogP contribution is -2.41. The van der Waals surface area contributed by atoms with Crippen LogP contribution in [-0.4, -0.2) is 56.5 Å². The average molecular weight is 419 g/mol. The van der Waals surface area contributed by atoms with Crippen LogP contribution >= 0.6 is 0 Å². The lowest BCUT2D eigenvalue weighted by Gasteiger charge is -2.28. The Morgan fingerprint density at radius 3 is 2.77 bits per heavy atom. The van der Waals surface area contributed by atoms with Crippen molar-refractivity contribution in [2.24, 2.45) is 0 Å². The number of aryl methyl sites for hydroxylation is 1. The van der Waals surface area contributed by atoms with Gasteiger partial charge in [0.2, 0.25) is 0 Å². The highest BCUT2D eigenvalue weighted by atomic mass is 32.2. The van der Waals surface area contributed by atoms with Crippen molar-refractivity contribution in [3.8, 4) is 0 Å². The highest BCUT2D eigenvalue weighted by Crippen LogP contribution is 2.25. The minimum Gasteiger partial charge on any atom is -0.616 e. The molecule has 1 aliphatic heterocycles. The molecule has 0 bridgehead atoms. The van der Waals surface area contributed by atoms with Crippen molar-refractivity contribution >= 4 is 47.6 Å². The fourth-order valence-electron chi connectivity index (χ4n) is 3.71. The first-order valence-electron chi connectivity index (χ1n) is 10.1. The van der Waals surface area contributed by atoms with E-state index in [1.807, 2.05) is 26.1 Å². The van der Waals surface area contributed by atoms with Crippen molar-refractivity contribution in [2.45, 2.75) is 13.5 Å². The van der Waals surface area contributed by atoms with Gasteiger partial charge < -0.3 is 10.3 Å². The summed E-state index contributed by atoms with van der Waals surface area (Å²) in [5.41, 5.74) is 13.2. The SMILES string of the molecule is Bc1c(CN2CC[S+]([O-])CC2)nc2c(/C(C=C)=C/c3ccccc3C)cnn2c1N. The van der Waals surface area contributed by atoms with Gasteiger partial charge in [-0.2, -0.15) is 9.61 Å². The molecule has 4 rings (SSSR count). The highest BCUT2D eigenvalue weighted by molar-refractivity contribution is 7.91. The smallest absolute Gasteiger partial charge is 0.165 e. The van der Waals surface area contributed by atoms with Gasteiger partial charge >= 0.3 is 0 Å². The second kappa shape index (κ2) is 8.67. The van der Waals surface area contributed by atoms with Gasteiger partial charge in [0.05, 0.1) is 11.9 Å². The van der Waals surface area contributed by atoms with Crippen LogP contribution in [0.15, 0.2) is 43.1 Å². The number of hydrogen-bond donors (Lipinski definition) is 1. The highest BCUT2D eigenvalue weighted by Gasteiger charge is 2.22. The van der Waals surface area contributed by atoms with Crippen molar-refractivity contribution in [3.05, 3.63) is 65.5 Å². The standard InChI is InChI=1S/C22H26BN5OS/c1-3-16(12-17-7-5-4-6-15(17)2)18-13-25-28-21(24)20(23)19(26-22(18)28)14-27-8-10-30(29)11-9-27/h3-7,12-13H,1,8-11,14,23-24H2,2H3/b16-12+. The summed E-state index contributed by atoms with van der Waals surface area (Å²) in [4.78, 5) is 7.25. The van der Waals surface area contributed by atoms with Crippen molar-refractivity contribution in [2.75, 3.05) is 30.3 Å². The van der Waals surface area contributed by atoms with Crippen LogP contribution in [0, 0.1) is 6.92 Å². The molecule has 1 aliphatic rings. The van der Waals surface area contributed by atoms with E-state index in [2.05, 4.69) is 41.7 Å². The number of allylic oxidation sites excluding steroid dienone is 2. The Morgan fingerprint density at radius 1 is 1.33 bits per heavy atom. The molecule has 8 heteroatoms. The van der Waals surface area contributed by atoms with E-state index in [-0.39, 0.29) is 0 Å². The molecule has 1 fully saturated rings. The summed E-state index contributed by atoms with van der Waals surface area (Å²) >= 11 is -0.697. The second-order valence-electron chi connectivity index (χ2n) is 7.65. The fourth-order valence-corrected chi connectivity index (χ4v) is 4.84. The largest absolute Gasteiger partial charge is 0.616 e. The molecule has 1 aromatic carbocycles.